The lowest BCUT2D eigenvalue weighted by Gasteiger charge is -2.03. The molecule has 0 bridgehead atoms. The fourth-order valence-corrected chi connectivity index (χ4v) is 2.78. The zero-order chi connectivity index (χ0) is 14.4. The number of aryl methyl sites for hydroxylation is 1. The van der Waals surface area contributed by atoms with Crippen LogP contribution in [0.15, 0.2) is 34.5 Å². The quantitative estimate of drug-likeness (QED) is 0.651. The van der Waals surface area contributed by atoms with Crippen molar-refractivity contribution in [1.82, 2.24) is 4.98 Å². The average molecular weight is 308 g/mol. The molecular weight excluding hydrogens is 292 g/mol. The molecule has 0 atom stereocenters. The summed E-state index contributed by atoms with van der Waals surface area (Å²) in [4.78, 5) is 16.8. The molecule has 0 fully saturated rings. The Morgan fingerprint density at radius 3 is 2.80 bits per heavy atom. The first-order valence-corrected chi connectivity index (χ1v) is 8.24. The Kier molecular flexibility index (Phi) is 5.43. The van der Waals surface area contributed by atoms with Gasteiger partial charge in [0.05, 0.1) is 19.2 Å². The number of anilines is 2. The van der Waals surface area contributed by atoms with Gasteiger partial charge in [0, 0.05) is 22.4 Å². The molecule has 0 aliphatic rings. The molecule has 0 saturated heterocycles. The molecule has 4 nitrogen and oxygen atoms in total. The maximum absolute atomic E-state index is 11.1. The minimum atomic E-state index is -0.208. The molecule has 0 saturated carbocycles. The van der Waals surface area contributed by atoms with Gasteiger partial charge >= 0.3 is 5.97 Å². The highest BCUT2D eigenvalue weighted by Crippen LogP contribution is 2.23. The third-order valence-corrected chi connectivity index (χ3v) is 4.26. The number of methoxy groups -OCH3 is 1. The maximum Gasteiger partial charge on any atom is 0.305 e. The number of thioether (sulfide) groups is 1. The van der Waals surface area contributed by atoms with Crippen LogP contribution in [0.4, 0.5) is 10.8 Å². The summed E-state index contributed by atoms with van der Waals surface area (Å²) in [6, 6.07) is 8.19. The number of thiazole rings is 1. The predicted molar refractivity (Wildman–Crippen MR) is 84.0 cm³/mol. The summed E-state index contributed by atoms with van der Waals surface area (Å²) in [5.74, 6) is -0.208. The fourth-order valence-electron chi connectivity index (χ4n) is 1.61. The second-order valence-electron chi connectivity index (χ2n) is 4.07. The van der Waals surface area contributed by atoms with Gasteiger partial charge in [-0.3, -0.25) is 4.79 Å². The first-order chi connectivity index (χ1) is 9.71. The minimum Gasteiger partial charge on any atom is -0.469 e. The van der Waals surface area contributed by atoms with Crippen LogP contribution in [0.3, 0.4) is 0 Å². The number of carbonyl (C=O) groups excluding carboxylic acids is 1. The molecule has 0 unspecified atom stereocenters. The smallest absolute Gasteiger partial charge is 0.305 e. The molecule has 0 amide bonds. The molecule has 1 aromatic carbocycles. The van der Waals surface area contributed by atoms with Crippen LogP contribution >= 0.6 is 23.1 Å². The molecule has 0 aliphatic heterocycles. The van der Waals surface area contributed by atoms with E-state index < -0.39 is 0 Å². The number of ether oxygens (including phenoxy) is 1. The topological polar surface area (TPSA) is 51.2 Å². The van der Waals surface area contributed by atoms with Gasteiger partial charge in [-0.1, -0.05) is 0 Å². The van der Waals surface area contributed by atoms with Crippen molar-refractivity contribution in [2.75, 3.05) is 18.7 Å². The number of nitrogens with one attached hydrogen (secondary N) is 1. The lowest BCUT2D eigenvalue weighted by Crippen LogP contribution is -2.02. The third-order valence-electron chi connectivity index (χ3n) is 2.71. The Hall–Kier alpha value is -1.53. The van der Waals surface area contributed by atoms with Crippen LogP contribution in [-0.4, -0.2) is 24.3 Å². The normalized spacial score (nSPS) is 10.3. The number of aromatic nitrogens is 1. The highest BCUT2D eigenvalue weighted by Gasteiger charge is 2.06. The molecule has 1 aromatic heterocycles. The van der Waals surface area contributed by atoms with Gasteiger partial charge < -0.3 is 10.1 Å². The second kappa shape index (κ2) is 7.31. The predicted octanol–water partition coefficient (Wildman–Crippen LogP) is 3.71. The molecule has 2 aromatic rings. The van der Waals surface area contributed by atoms with Crippen molar-refractivity contribution in [3.05, 3.63) is 35.3 Å². The maximum atomic E-state index is 11.1. The molecule has 0 spiro atoms. The zero-order valence-corrected chi connectivity index (χ0v) is 13.0. The summed E-state index contributed by atoms with van der Waals surface area (Å²) >= 11 is 3.25. The van der Waals surface area contributed by atoms with E-state index in [2.05, 4.69) is 33.4 Å². The lowest BCUT2D eigenvalue weighted by atomic mass is 10.2. The molecule has 2 rings (SSSR count). The largest absolute Gasteiger partial charge is 0.469 e. The van der Waals surface area contributed by atoms with E-state index in [1.165, 1.54) is 23.3 Å². The van der Waals surface area contributed by atoms with E-state index in [0.717, 1.165) is 16.5 Å². The molecule has 0 radical (unpaired) electrons. The zero-order valence-electron chi connectivity index (χ0n) is 11.4. The Morgan fingerprint density at radius 2 is 2.15 bits per heavy atom. The van der Waals surface area contributed by atoms with Crippen molar-refractivity contribution in [3.8, 4) is 0 Å². The van der Waals surface area contributed by atoms with Gasteiger partial charge in [0.25, 0.3) is 0 Å². The van der Waals surface area contributed by atoms with E-state index in [0.29, 0.717) is 12.8 Å². The van der Waals surface area contributed by atoms with E-state index in [-0.39, 0.29) is 5.97 Å². The summed E-state index contributed by atoms with van der Waals surface area (Å²) in [7, 11) is 1.40. The Labute approximate surface area is 126 Å². The highest BCUT2D eigenvalue weighted by atomic mass is 32.2. The van der Waals surface area contributed by atoms with E-state index in [4.69, 9.17) is 0 Å². The minimum absolute atomic E-state index is 0.208. The Bertz CT molecular complexity index is 567. The number of nitrogens with zero attached hydrogens (tertiary/aromatic N) is 1. The molecule has 6 heteroatoms. The summed E-state index contributed by atoms with van der Waals surface area (Å²) in [5, 5.41) is 6.05. The van der Waals surface area contributed by atoms with Gasteiger partial charge in [0.15, 0.2) is 5.13 Å². The Morgan fingerprint density at radius 1 is 1.40 bits per heavy atom. The standard InChI is InChI=1S/C14H16N2O2S2/c1-18-13(17)8-5-11-9-20-14(16-11)15-10-3-6-12(19-2)7-4-10/h3-4,6-7,9H,5,8H2,1-2H3,(H,15,16). The second-order valence-corrected chi connectivity index (χ2v) is 5.81. The van der Waals surface area contributed by atoms with Crippen molar-refractivity contribution in [2.24, 2.45) is 0 Å². The number of hydrogen-bond donors (Lipinski definition) is 1. The summed E-state index contributed by atoms with van der Waals surface area (Å²) in [6.07, 6.45) is 3.02. The summed E-state index contributed by atoms with van der Waals surface area (Å²) < 4.78 is 4.62. The molecule has 1 heterocycles. The van der Waals surface area contributed by atoms with Crippen LogP contribution in [-0.2, 0) is 16.0 Å². The number of rotatable bonds is 6. The van der Waals surface area contributed by atoms with Gasteiger partial charge in [0.2, 0.25) is 0 Å². The SMILES string of the molecule is COC(=O)CCc1csc(Nc2ccc(SC)cc2)n1. The highest BCUT2D eigenvalue weighted by molar-refractivity contribution is 7.98. The molecular formula is C14H16N2O2S2. The van der Waals surface area contributed by atoms with E-state index in [1.54, 1.807) is 11.8 Å². The first kappa shape index (κ1) is 14.9. The fraction of sp³-hybridized carbons (Fsp3) is 0.286. The van der Waals surface area contributed by atoms with Crippen LogP contribution in [0, 0.1) is 0 Å². The van der Waals surface area contributed by atoms with E-state index in [9.17, 15) is 4.79 Å². The van der Waals surface area contributed by atoms with E-state index >= 15 is 0 Å². The van der Waals surface area contributed by atoms with Gasteiger partial charge in [-0.15, -0.1) is 23.1 Å². The van der Waals surface area contributed by atoms with Gasteiger partial charge in [0.1, 0.15) is 0 Å². The van der Waals surface area contributed by atoms with Crippen molar-refractivity contribution in [3.63, 3.8) is 0 Å². The third kappa shape index (κ3) is 4.25. The summed E-state index contributed by atoms with van der Waals surface area (Å²) in [6.45, 7) is 0. The number of esters is 1. The van der Waals surface area contributed by atoms with Crippen molar-refractivity contribution in [1.29, 1.82) is 0 Å². The Balaban J connectivity index is 1.93. The monoisotopic (exact) mass is 308 g/mol. The average Bonchev–Trinajstić information content (AvgIpc) is 2.93. The van der Waals surface area contributed by atoms with Crippen LogP contribution in [0.5, 0.6) is 0 Å². The van der Waals surface area contributed by atoms with Crippen molar-refractivity contribution in [2.45, 2.75) is 17.7 Å². The van der Waals surface area contributed by atoms with Crippen molar-refractivity contribution >= 4 is 39.9 Å². The molecule has 0 aliphatic carbocycles. The number of hydrogen-bond acceptors (Lipinski definition) is 6. The lowest BCUT2D eigenvalue weighted by molar-refractivity contribution is -0.140. The van der Waals surface area contributed by atoms with Crippen molar-refractivity contribution < 1.29 is 9.53 Å². The van der Waals surface area contributed by atoms with Gasteiger partial charge in [-0.25, -0.2) is 4.98 Å². The van der Waals surface area contributed by atoms with Gasteiger partial charge in [-0.2, -0.15) is 0 Å². The molecule has 106 valence electrons. The van der Waals surface area contributed by atoms with E-state index in [1.807, 2.05) is 17.5 Å². The first-order valence-electron chi connectivity index (χ1n) is 6.13. The van der Waals surface area contributed by atoms with Crippen LogP contribution in [0.2, 0.25) is 0 Å². The summed E-state index contributed by atoms with van der Waals surface area (Å²) in [5.41, 5.74) is 1.92. The molecule has 20 heavy (non-hydrogen) atoms. The molecule has 1 N–H and O–H groups in total. The van der Waals surface area contributed by atoms with Crippen LogP contribution in [0.25, 0.3) is 0 Å². The number of carbonyl (C=O) groups is 1. The van der Waals surface area contributed by atoms with Gasteiger partial charge in [-0.05, 0) is 30.5 Å². The van der Waals surface area contributed by atoms with Crippen LogP contribution in [0.1, 0.15) is 12.1 Å². The van der Waals surface area contributed by atoms with Crippen LogP contribution < -0.4 is 5.32 Å². The number of benzene rings is 1.